The number of carbonyl (C=O) groups excluding carboxylic acids is 2. The highest BCUT2D eigenvalue weighted by molar-refractivity contribution is 7.53. The number of phenolic OH excluding ortho intramolecular Hbond substituents is 1. The molecule has 0 aliphatic carbocycles. The van der Waals surface area contributed by atoms with E-state index < -0.39 is 25.6 Å². The van der Waals surface area contributed by atoms with Gasteiger partial charge >= 0.3 is 19.6 Å². The Hall–Kier alpha value is -2.09. The number of carbonyl (C=O) groups is 2. The number of aromatic hydroxyl groups is 1. The van der Waals surface area contributed by atoms with E-state index in [0.29, 0.717) is 6.54 Å². The van der Waals surface area contributed by atoms with Gasteiger partial charge in [0.25, 0.3) is 0 Å². The molecule has 0 heterocycles. The van der Waals surface area contributed by atoms with Gasteiger partial charge in [-0.05, 0) is 44.4 Å². The van der Waals surface area contributed by atoms with Crippen LogP contribution < -0.4 is 5.32 Å². The van der Waals surface area contributed by atoms with Crippen LogP contribution in [0.15, 0.2) is 24.3 Å². The Labute approximate surface area is 184 Å². The summed E-state index contributed by atoms with van der Waals surface area (Å²) in [6, 6.07) is 4.82. The second kappa shape index (κ2) is 13.3. The maximum atomic E-state index is 13.1. The zero-order valence-electron chi connectivity index (χ0n) is 19.0. The van der Waals surface area contributed by atoms with Gasteiger partial charge in [0.1, 0.15) is 18.1 Å². The van der Waals surface area contributed by atoms with Gasteiger partial charge in [-0.15, -0.1) is 0 Å². The van der Waals surface area contributed by atoms with Crippen LogP contribution in [0.1, 0.15) is 40.2 Å². The molecule has 0 saturated heterocycles. The van der Waals surface area contributed by atoms with Crippen molar-refractivity contribution >= 4 is 19.6 Å². The molecule has 0 aliphatic rings. The van der Waals surface area contributed by atoms with Crippen molar-refractivity contribution in [3.63, 3.8) is 0 Å². The summed E-state index contributed by atoms with van der Waals surface area (Å²) in [5.74, 6) is -0.391. The summed E-state index contributed by atoms with van der Waals surface area (Å²) in [5, 5.41) is 12.2. The van der Waals surface area contributed by atoms with Crippen LogP contribution in [-0.2, 0) is 29.6 Å². The molecule has 0 radical (unpaired) electrons. The van der Waals surface area contributed by atoms with Crippen molar-refractivity contribution in [2.45, 2.75) is 47.1 Å². The van der Waals surface area contributed by atoms with E-state index in [4.69, 9.17) is 13.8 Å². The zero-order valence-corrected chi connectivity index (χ0v) is 19.9. The number of hydrogen-bond donors (Lipinski definition) is 2. The smallest absolute Gasteiger partial charge is 0.349 e. The van der Waals surface area contributed by atoms with Crippen LogP contribution in [0, 0.1) is 5.92 Å². The third-order valence-electron chi connectivity index (χ3n) is 4.11. The van der Waals surface area contributed by atoms with Crippen molar-refractivity contribution in [3.8, 4) is 5.75 Å². The largest absolute Gasteiger partial charge is 0.508 e. The van der Waals surface area contributed by atoms with E-state index in [1.807, 2.05) is 13.8 Å². The van der Waals surface area contributed by atoms with E-state index in [2.05, 4.69) is 5.32 Å². The molecular weight excluding hydrogens is 423 g/mol. The molecule has 0 unspecified atom stereocenters. The third kappa shape index (κ3) is 9.72. The van der Waals surface area contributed by atoms with Crippen LogP contribution >= 0.6 is 7.60 Å². The van der Waals surface area contributed by atoms with Crippen molar-refractivity contribution in [2.75, 3.05) is 32.7 Å². The molecule has 9 nitrogen and oxygen atoms in total. The lowest BCUT2D eigenvalue weighted by atomic mass is 10.1. The highest BCUT2D eigenvalue weighted by atomic mass is 31.2. The van der Waals surface area contributed by atoms with E-state index in [9.17, 15) is 19.3 Å². The minimum absolute atomic E-state index is 0.0839. The highest BCUT2D eigenvalue weighted by Gasteiger charge is 2.32. The summed E-state index contributed by atoms with van der Waals surface area (Å²) >= 11 is 0. The molecule has 1 aromatic rings. The van der Waals surface area contributed by atoms with E-state index >= 15 is 0 Å². The quantitative estimate of drug-likeness (QED) is 0.342. The number of nitrogens with one attached hydrogen (secondary N) is 1. The van der Waals surface area contributed by atoms with E-state index in [1.54, 1.807) is 32.9 Å². The first-order valence-corrected chi connectivity index (χ1v) is 12.2. The van der Waals surface area contributed by atoms with Crippen molar-refractivity contribution < 1.29 is 33.0 Å². The molecule has 2 N–H and O–H groups in total. The number of esters is 1. The van der Waals surface area contributed by atoms with Gasteiger partial charge in [-0.2, -0.15) is 0 Å². The maximum absolute atomic E-state index is 13.1. The minimum atomic E-state index is -3.52. The predicted octanol–water partition coefficient (Wildman–Crippen LogP) is 3.76. The molecular formula is C21H35N2O7P. The number of urea groups is 1. The van der Waals surface area contributed by atoms with E-state index in [0.717, 1.165) is 5.56 Å². The number of hydrogen-bond acceptors (Lipinski definition) is 7. The molecule has 176 valence electrons. The molecule has 0 bridgehead atoms. The lowest BCUT2D eigenvalue weighted by molar-refractivity contribution is -0.145. The van der Waals surface area contributed by atoms with Crippen molar-refractivity contribution in [1.29, 1.82) is 0 Å². The summed E-state index contributed by atoms with van der Waals surface area (Å²) in [7, 11) is -3.52. The maximum Gasteiger partial charge on any atom is 0.349 e. The number of amides is 2. The summed E-state index contributed by atoms with van der Waals surface area (Å²) in [5.41, 5.74) is 0.737. The first kappa shape index (κ1) is 26.9. The molecule has 0 fully saturated rings. The van der Waals surface area contributed by atoms with Crippen LogP contribution in [0.2, 0.25) is 0 Å². The number of ether oxygens (including phenoxy) is 1. The van der Waals surface area contributed by atoms with Crippen molar-refractivity contribution in [2.24, 2.45) is 5.92 Å². The average Bonchev–Trinajstić information content (AvgIpc) is 2.68. The summed E-state index contributed by atoms with van der Waals surface area (Å²) in [6.07, 6.45) is -0.0532. The summed E-state index contributed by atoms with van der Waals surface area (Å²) in [4.78, 5) is 26.9. The normalized spacial score (nSPS) is 12.5. The molecule has 31 heavy (non-hydrogen) atoms. The van der Waals surface area contributed by atoms with Gasteiger partial charge in [0.15, 0.2) is 0 Å². The second-order valence-electron chi connectivity index (χ2n) is 7.33. The Morgan fingerprint density at radius 2 is 1.65 bits per heavy atom. The Balaban J connectivity index is 3.05. The fourth-order valence-corrected chi connectivity index (χ4v) is 4.60. The minimum Gasteiger partial charge on any atom is -0.508 e. The average molecular weight is 458 g/mol. The van der Waals surface area contributed by atoms with Crippen LogP contribution in [0.4, 0.5) is 4.79 Å². The molecule has 0 spiro atoms. The number of benzene rings is 1. The van der Waals surface area contributed by atoms with Crippen LogP contribution in [0.5, 0.6) is 5.75 Å². The Morgan fingerprint density at radius 3 is 2.13 bits per heavy atom. The molecule has 1 atom stereocenters. The fraction of sp³-hybridized carbons (Fsp3) is 0.619. The highest BCUT2D eigenvalue weighted by Crippen LogP contribution is 2.48. The molecule has 1 rings (SSSR count). The van der Waals surface area contributed by atoms with Crippen LogP contribution in [0.3, 0.4) is 0 Å². The van der Waals surface area contributed by atoms with Crippen LogP contribution in [-0.4, -0.2) is 60.7 Å². The van der Waals surface area contributed by atoms with Gasteiger partial charge < -0.3 is 29.1 Å². The lowest BCUT2D eigenvalue weighted by Crippen LogP contribution is -2.50. The Kier molecular flexibility index (Phi) is 11.6. The summed E-state index contributed by atoms with van der Waals surface area (Å²) < 4.78 is 28.7. The van der Waals surface area contributed by atoms with E-state index in [1.165, 1.54) is 17.0 Å². The standard InChI is InChI=1S/C21H35N2O7P/c1-6-28-20(25)19(13-17-9-11-18(24)12-10-17)22-21(26)23(14-16(4)5)15-31(27,29-7-2)30-8-3/h9-12,16,19,24H,6-8,13-15H2,1-5H3,(H,22,26)/t19-/m0/s1. The predicted molar refractivity (Wildman–Crippen MR) is 118 cm³/mol. The van der Waals surface area contributed by atoms with E-state index in [-0.39, 0.29) is 44.2 Å². The molecule has 10 heteroatoms. The van der Waals surface area contributed by atoms with Gasteiger partial charge in [0, 0.05) is 13.0 Å². The van der Waals surface area contributed by atoms with Crippen molar-refractivity contribution in [3.05, 3.63) is 29.8 Å². The first-order valence-electron chi connectivity index (χ1n) is 10.5. The number of rotatable bonds is 13. The van der Waals surface area contributed by atoms with Crippen molar-refractivity contribution in [1.82, 2.24) is 10.2 Å². The Bertz CT molecular complexity index is 730. The molecule has 0 aromatic heterocycles. The third-order valence-corrected chi connectivity index (χ3v) is 6.10. The number of nitrogens with zero attached hydrogens (tertiary/aromatic N) is 1. The molecule has 2 amide bonds. The fourth-order valence-electron chi connectivity index (χ4n) is 2.91. The lowest BCUT2D eigenvalue weighted by Gasteiger charge is -2.30. The Morgan fingerprint density at radius 1 is 1.06 bits per heavy atom. The van der Waals surface area contributed by atoms with Gasteiger partial charge in [-0.25, -0.2) is 9.59 Å². The van der Waals surface area contributed by atoms with Gasteiger partial charge in [0.05, 0.1) is 19.8 Å². The van der Waals surface area contributed by atoms with Gasteiger partial charge in [0.2, 0.25) is 0 Å². The van der Waals surface area contributed by atoms with Gasteiger partial charge in [-0.3, -0.25) is 4.57 Å². The monoisotopic (exact) mass is 458 g/mol. The topological polar surface area (TPSA) is 114 Å². The summed E-state index contributed by atoms with van der Waals surface area (Å²) in [6.45, 7) is 9.76. The zero-order chi connectivity index (χ0) is 23.4. The van der Waals surface area contributed by atoms with Gasteiger partial charge in [-0.1, -0.05) is 26.0 Å². The molecule has 0 saturated carbocycles. The second-order valence-corrected chi connectivity index (χ2v) is 9.35. The number of phenols is 1. The molecule has 1 aromatic carbocycles. The van der Waals surface area contributed by atoms with Crippen LogP contribution in [0.25, 0.3) is 0 Å². The first-order chi connectivity index (χ1) is 14.6. The molecule has 0 aliphatic heterocycles. The SMILES string of the molecule is CCOC(=O)[C@H](Cc1ccc(O)cc1)NC(=O)N(CC(C)C)CP(=O)(OCC)OCC.